The summed E-state index contributed by atoms with van der Waals surface area (Å²) in [6.45, 7) is 2.63. The summed E-state index contributed by atoms with van der Waals surface area (Å²) in [4.78, 5) is 37.2. The fourth-order valence-corrected chi connectivity index (χ4v) is 2.96. The van der Waals surface area contributed by atoms with Crippen molar-refractivity contribution in [3.8, 4) is 0 Å². The van der Waals surface area contributed by atoms with Crippen LogP contribution < -0.4 is 5.32 Å². The number of piperidine rings is 1. The predicted molar refractivity (Wildman–Crippen MR) is 94.1 cm³/mol. The van der Waals surface area contributed by atoms with Crippen molar-refractivity contribution in [3.05, 3.63) is 53.5 Å². The lowest BCUT2D eigenvalue weighted by molar-refractivity contribution is -0.143. The van der Waals surface area contributed by atoms with E-state index in [0.29, 0.717) is 42.9 Å². The Morgan fingerprint density at radius 2 is 1.73 bits per heavy atom. The molecule has 0 unspecified atom stereocenters. The quantitative estimate of drug-likeness (QED) is 0.877. The summed E-state index contributed by atoms with van der Waals surface area (Å²) in [5, 5.41) is 11.7. The van der Waals surface area contributed by atoms with Gasteiger partial charge in [0, 0.05) is 24.3 Å². The molecule has 136 valence electrons. The molecule has 0 atom stereocenters. The number of hydrogen-bond donors (Lipinski definition) is 2. The number of carboxylic acids is 1. The maximum Gasteiger partial charge on any atom is 0.306 e. The highest BCUT2D eigenvalue weighted by Crippen LogP contribution is 2.20. The Bertz CT molecular complexity index is 817. The summed E-state index contributed by atoms with van der Waals surface area (Å²) in [6.07, 6.45) is 0.940. The predicted octanol–water partition coefficient (Wildman–Crippen LogP) is 2.78. The first-order valence-electron chi connectivity index (χ1n) is 8.44. The number of hydrogen-bond acceptors (Lipinski definition) is 4. The minimum atomic E-state index is -0.802. The van der Waals surface area contributed by atoms with E-state index in [1.807, 2.05) is 0 Å². The van der Waals surface area contributed by atoms with Crippen LogP contribution in [0.2, 0.25) is 0 Å². The number of benzene rings is 1. The molecule has 0 saturated carbocycles. The van der Waals surface area contributed by atoms with Crippen LogP contribution in [0, 0.1) is 12.8 Å². The number of aliphatic carboxylic acids is 1. The van der Waals surface area contributed by atoms with Crippen LogP contribution in [0.3, 0.4) is 0 Å². The van der Waals surface area contributed by atoms with Gasteiger partial charge in [0.05, 0.1) is 5.92 Å². The number of carboxylic acid groups (broad SMARTS) is 1. The van der Waals surface area contributed by atoms with Crippen molar-refractivity contribution in [2.45, 2.75) is 19.8 Å². The van der Waals surface area contributed by atoms with Crippen LogP contribution in [-0.2, 0) is 4.79 Å². The summed E-state index contributed by atoms with van der Waals surface area (Å²) in [7, 11) is 0. The molecule has 2 aromatic rings. The highest BCUT2D eigenvalue weighted by atomic mass is 16.4. The number of amides is 2. The zero-order valence-corrected chi connectivity index (χ0v) is 14.4. The van der Waals surface area contributed by atoms with Gasteiger partial charge in [-0.15, -0.1) is 0 Å². The first-order chi connectivity index (χ1) is 12.4. The van der Waals surface area contributed by atoms with E-state index in [-0.39, 0.29) is 23.5 Å². The van der Waals surface area contributed by atoms with Crippen molar-refractivity contribution >= 4 is 23.5 Å². The zero-order valence-electron chi connectivity index (χ0n) is 14.4. The molecule has 1 aromatic carbocycles. The van der Waals surface area contributed by atoms with Crippen molar-refractivity contribution in [1.29, 1.82) is 0 Å². The van der Waals surface area contributed by atoms with Crippen molar-refractivity contribution in [2.75, 3.05) is 18.4 Å². The molecule has 1 aromatic heterocycles. The van der Waals surface area contributed by atoms with Gasteiger partial charge in [-0.2, -0.15) is 0 Å². The van der Waals surface area contributed by atoms with Gasteiger partial charge in [-0.05, 0) is 56.2 Å². The van der Waals surface area contributed by atoms with E-state index in [1.165, 1.54) is 0 Å². The second-order valence-corrected chi connectivity index (χ2v) is 6.35. The lowest BCUT2D eigenvalue weighted by atomic mass is 9.96. The minimum absolute atomic E-state index is 0.131. The first-order valence-corrected chi connectivity index (χ1v) is 8.44. The van der Waals surface area contributed by atoms with Crippen molar-refractivity contribution in [1.82, 2.24) is 4.90 Å². The Kier molecular flexibility index (Phi) is 5.06. The van der Waals surface area contributed by atoms with E-state index in [0.717, 1.165) is 0 Å². The summed E-state index contributed by atoms with van der Waals surface area (Å²) in [5.74, 6) is -0.779. The maximum absolute atomic E-state index is 12.5. The Morgan fingerprint density at radius 3 is 2.27 bits per heavy atom. The molecular weight excluding hydrogens is 336 g/mol. The average molecular weight is 356 g/mol. The normalized spacial score (nSPS) is 14.9. The third kappa shape index (κ3) is 3.93. The van der Waals surface area contributed by atoms with Gasteiger partial charge in [-0.1, -0.05) is 0 Å². The van der Waals surface area contributed by atoms with E-state index >= 15 is 0 Å². The van der Waals surface area contributed by atoms with Gasteiger partial charge in [0.1, 0.15) is 5.76 Å². The maximum atomic E-state index is 12.5. The molecule has 0 spiro atoms. The number of aryl methyl sites for hydroxylation is 1. The molecule has 7 nitrogen and oxygen atoms in total. The van der Waals surface area contributed by atoms with Crippen LogP contribution >= 0.6 is 0 Å². The van der Waals surface area contributed by atoms with E-state index in [4.69, 9.17) is 9.52 Å². The Hall–Kier alpha value is -3.09. The van der Waals surface area contributed by atoms with Crippen LogP contribution in [0.5, 0.6) is 0 Å². The highest BCUT2D eigenvalue weighted by molar-refractivity contribution is 6.02. The standard InChI is InChI=1S/C19H20N2O5/c1-12-2-7-16(26-12)17(22)20-15-5-3-13(4-6-15)18(23)21-10-8-14(9-11-21)19(24)25/h2-7,14H,8-11H2,1H3,(H,20,22)(H,24,25). The number of carbonyl (C=O) groups excluding carboxylic acids is 2. The monoisotopic (exact) mass is 356 g/mol. The second kappa shape index (κ2) is 7.43. The number of nitrogens with one attached hydrogen (secondary N) is 1. The third-order valence-corrected chi connectivity index (χ3v) is 4.49. The van der Waals surface area contributed by atoms with Crippen molar-refractivity contribution in [2.24, 2.45) is 5.92 Å². The van der Waals surface area contributed by atoms with Crippen LogP contribution in [0.25, 0.3) is 0 Å². The van der Waals surface area contributed by atoms with Crippen molar-refractivity contribution < 1.29 is 23.9 Å². The van der Waals surface area contributed by atoms with E-state index in [9.17, 15) is 14.4 Å². The number of likely N-dealkylation sites (tertiary alicyclic amines) is 1. The molecule has 26 heavy (non-hydrogen) atoms. The number of furan rings is 1. The first kappa shape index (κ1) is 17.7. The van der Waals surface area contributed by atoms with Crippen molar-refractivity contribution in [3.63, 3.8) is 0 Å². The molecular formula is C19H20N2O5. The van der Waals surface area contributed by atoms with Gasteiger partial charge in [0.25, 0.3) is 11.8 Å². The minimum Gasteiger partial charge on any atom is -0.481 e. The third-order valence-electron chi connectivity index (χ3n) is 4.49. The summed E-state index contributed by atoms with van der Waals surface area (Å²) in [6, 6.07) is 9.92. The number of anilines is 1. The summed E-state index contributed by atoms with van der Waals surface area (Å²) >= 11 is 0. The molecule has 3 rings (SSSR count). The van der Waals surface area contributed by atoms with Gasteiger partial charge in [0.2, 0.25) is 0 Å². The van der Waals surface area contributed by atoms with Crippen LogP contribution in [0.4, 0.5) is 5.69 Å². The van der Waals surface area contributed by atoms with Gasteiger partial charge in [0.15, 0.2) is 5.76 Å². The lowest BCUT2D eigenvalue weighted by Gasteiger charge is -2.30. The van der Waals surface area contributed by atoms with Crippen LogP contribution in [0.15, 0.2) is 40.8 Å². The molecule has 2 heterocycles. The molecule has 2 amide bonds. The smallest absolute Gasteiger partial charge is 0.306 e. The molecule has 7 heteroatoms. The van der Waals surface area contributed by atoms with Crippen LogP contribution in [-0.4, -0.2) is 40.9 Å². The zero-order chi connectivity index (χ0) is 18.7. The number of rotatable bonds is 4. The summed E-state index contributed by atoms with van der Waals surface area (Å²) in [5.41, 5.74) is 1.07. The molecule has 0 radical (unpaired) electrons. The molecule has 1 aliphatic rings. The number of carbonyl (C=O) groups is 3. The van der Waals surface area contributed by atoms with E-state index in [2.05, 4.69) is 5.32 Å². The van der Waals surface area contributed by atoms with Gasteiger partial charge >= 0.3 is 5.97 Å². The average Bonchev–Trinajstić information content (AvgIpc) is 3.08. The Labute approximate surface area is 150 Å². The molecule has 1 aliphatic heterocycles. The topological polar surface area (TPSA) is 99.9 Å². The molecule has 2 N–H and O–H groups in total. The number of nitrogens with zero attached hydrogens (tertiary/aromatic N) is 1. The fraction of sp³-hybridized carbons (Fsp3) is 0.316. The summed E-state index contributed by atoms with van der Waals surface area (Å²) < 4.78 is 5.27. The van der Waals surface area contributed by atoms with E-state index < -0.39 is 5.97 Å². The molecule has 0 bridgehead atoms. The molecule has 1 fully saturated rings. The highest BCUT2D eigenvalue weighted by Gasteiger charge is 2.27. The van der Waals surface area contributed by atoms with Gasteiger partial charge < -0.3 is 19.7 Å². The van der Waals surface area contributed by atoms with Gasteiger partial charge in [-0.3, -0.25) is 14.4 Å². The Morgan fingerprint density at radius 1 is 1.08 bits per heavy atom. The van der Waals surface area contributed by atoms with Gasteiger partial charge in [-0.25, -0.2) is 0 Å². The van der Waals surface area contributed by atoms with E-state index in [1.54, 1.807) is 48.2 Å². The Balaban J connectivity index is 1.59. The lowest BCUT2D eigenvalue weighted by Crippen LogP contribution is -2.40. The fourth-order valence-electron chi connectivity index (χ4n) is 2.96. The molecule has 1 saturated heterocycles. The van der Waals surface area contributed by atoms with Crippen LogP contribution in [0.1, 0.15) is 39.5 Å². The largest absolute Gasteiger partial charge is 0.481 e. The second-order valence-electron chi connectivity index (χ2n) is 6.35. The molecule has 0 aliphatic carbocycles. The SMILES string of the molecule is Cc1ccc(C(=O)Nc2ccc(C(=O)N3CCC(C(=O)O)CC3)cc2)o1.